The lowest BCUT2D eigenvalue weighted by Gasteiger charge is -2.36. The number of nitrogens with zero attached hydrogens (tertiary/aromatic N) is 3. The maximum atomic E-state index is 12.8. The van der Waals surface area contributed by atoms with Crippen LogP contribution in [-0.4, -0.2) is 77.6 Å². The molecule has 1 N–H and O–H groups in total. The number of rotatable bonds is 4. The highest BCUT2D eigenvalue weighted by Crippen LogP contribution is 2.27. The number of anilines is 1. The molecule has 1 aromatic carbocycles. The van der Waals surface area contributed by atoms with Crippen molar-refractivity contribution >= 4 is 29.6 Å². The van der Waals surface area contributed by atoms with Crippen LogP contribution in [-0.2, 0) is 14.3 Å². The average Bonchev–Trinajstić information content (AvgIpc) is 2.96. The molecular weight excluding hydrogens is 354 g/mol. The Morgan fingerprint density at radius 3 is 2.52 bits per heavy atom. The Balaban J connectivity index is 1.69. The molecule has 1 aromatic rings. The van der Waals surface area contributed by atoms with Crippen LogP contribution in [0.1, 0.15) is 23.7 Å². The van der Waals surface area contributed by atoms with Gasteiger partial charge < -0.3 is 14.7 Å². The Labute approximate surface area is 156 Å². The number of benzene rings is 1. The topological polar surface area (TPSA) is 107 Å². The molecule has 27 heavy (non-hydrogen) atoms. The first-order valence-corrected chi connectivity index (χ1v) is 8.78. The van der Waals surface area contributed by atoms with Crippen LogP contribution in [0.15, 0.2) is 24.3 Å². The number of amides is 3. The molecule has 9 heteroatoms. The van der Waals surface area contributed by atoms with Crippen LogP contribution in [0.3, 0.4) is 0 Å². The molecule has 0 saturated carbocycles. The molecule has 0 bridgehead atoms. The predicted molar refractivity (Wildman–Crippen MR) is 94.5 cm³/mol. The highest BCUT2D eigenvalue weighted by Gasteiger charge is 2.43. The molecule has 1 unspecified atom stereocenters. The minimum absolute atomic E-state index is 0.0135. The number of ether oxygens (including phenoxy) is 1. The van der Waals surface area contributed by atoms with Crippen LogP contribution in [0.5, 0.6) is 0 Å². The van der Waals surface area contributed by atoms with Gasteiger partial charge in [-0.15, -0.1) is 0 Å². The van der Waals surface area contributed by atoms with Crippen LogP contribution in [0.25, 0.3) is 0 Å². The van der Waals surface area contributed by atoms with Gasteiger partial charge >= 0.3 is 12.1 Å². The van der Waals surface area contributed by atoms with Crippen molar-refractivity contribution in [3.63, 3.8) is 0 Å². The van der Waals surface area contributed by atoms with Crippen molar-refractivity contribution in [3.8, 4) is 0 Å². The number of carboxylic acid groups (broad SMARTS) is 1. The van der Waals surface area contributed by atoms with Crippen molar-refractivity contribution in [2.45, 2.75) is 19.4 Å². The van der Waals surface area contributed by atoms with E-state index in [2.05, 4.69) is 0 Å². The van der Waals surface area contributed by atoms with Crippen molar-refractivity contribution in [1.82, 2.24) is 9.80 Å². The van der Waals surface area contributed by atoms with E-state index in [0.717, 1.165) is 4.90 Å². The van der Waals surface area contributed by atoms with Gasteiger partial charge in [0.05, 0.1) is 30.3 Å². The maximum absolute atomic E-state index is 12.8. The number of hydrogen-bond donors (Lipinski definition) is 1. The number of carbonyl (C=O) groups is 4. The summed E-state index contributed by atoms with van der Waals surface area (Å²) in [4.78, 5) is 52.7. The van der Waals surface area contributed by atoms with Gasteiger partial charge in [0.15, 0.2) is 0 Å². The first-order chi connectivity index (χ1) is 12.9. The summed E-state index contributed by atoms with van der Waals surface area (Å²) in [6.07, 6.45) is -0.340. The minimum Gasteiger partial charge on any atom is -0.478 e. The summed E-state index contributed by atoms with van der Waals surface area (Å²) in [7, 11) is 0. The lowest BCUT2D eigenvalue weighted by molar-refractivity contribution is -0.123. The quantitative estimate of drug-likeness (QED) is 0.775. The molecule has 3 amide bonds. The van der Waals surface area contributed by atoms with E-state index >= 15 is 0 Å². The van der Waals surface area contributed by atoms with Crippen LogP contribution in [0, 0.1) is 0 Å². The Morgan fingerprint density at radius 2 is 1.89 bits per heavy atom. The molecule has 2 saturated heterocycles. The predicted octanol–water partition coefficient (Wildman–Crippen LogP) is 0.791. The number of carbonyl (C=O) groups excluding carboxylic acids is 3. The van der Waals surface area contributed by atoms with Gasteiger partial charge in [-0.05, 0) is 25.1 Å². The van der Waals surface area contributed by atoms with Gasteiger partial charge in [-0.2, -0.15) is 0 Å². The van der Waals surface area contributed by atoms with E-state index in [1.165, 1.54) is 18.2 Å². The smallest absolute Gasteiger partial charge is 0.409 e. The first kappa shape index (κ1) is 18.8. The molecule has 0 aromatic heterocycles. The van der Waals surface area contributed by atoms with Gasteiger partial charge in [0, 0.05) is 26.2 Å². The highest BCUT2D eigenvalue weighted by molar-refractivity contribution is 6.22. The van der Waals surface area contributed by atoms with Crippen LogP contribution < -0.4 is 4.90 Å². The van der Waals surface area contributed by atoms with Crippen LogP contribution >= 0.6 is 0 Å². The van der Waals surface area contributed by atoms with E-state index < -0.39 is 12.0 Å². The number of aromatic carboxylic acids is 1. The van der Waals surface area contributed by atoms with Crippen LogP contribution in [0.4, 0.5) is 10.5 Å². The van der Waals surface area contributed by atoms with E-state index in [1.807, 2.05) is 4.90 Å². The Kier molecular flexibility index (Phi) is 5.41. The van der Waals surface area contributed by atoms with Crippen molar-refractivity contribution in [2.75, 3.05) is 37.7 Å². The first-order valence-electron chi connectivity index (χ1n) is 8.78. The van der Waals surface area contributed by atoms with Crippen molar-refractivity contribution < 1.29 is 29.0 Å². The van der Waals surface area contributed by atoms with Crippen LogP contribution in [0.2, 0.25) is 0 Å². The summed E-state index contributed by atoms with van der Waals surface area (Å²) in [6.45, 7) is 3.82. The molecule has 2 fully saturated rings. The van der Waals surface area contributed by atoms with Gasteiger partial charge in [-0.25, -0.2) is 14.5 Å². The Bertz CT molecular complexity index is 772. The molecule has 0 radical (unpaired) electrons. The number of hydrogen-bond acceptors (Lipinski definition) is 6. The van der Waals surface area contributed by atoms with Crippen molar-refractivity contribution in [3.05, 3.63) is 29.8 Å². The molecule has 3 rings (SSSR count). The summed E-state index contributed by atoms with van der Waals surface area (Å²) in [5, 5.41) is 9.11. The molecule has 2 aliphatic rings. The fourth-order valence-corrected chi connectivity index (χ4v) is 3.38. The molecule has 144 valence electrons. The van der Waals surface area contributed by atoms with Gasteiger partial charge in [-0.3, -0.25) is 14.5 Å². The molecular formula is C18H21N3O6. The fraction of sp³-hybridized carbons (Fsp3) is 0.444. The Morgan fingerprint density at radius 1 is 1.19 bits per heavy atom. The van der Waals surface area contributed by atoms with Gasteiger partial charge in [0.1, 0.15) is 0 Å². The standard InChI is InChI=1S/C18H21N3O6/c1-2-27-18(26)20-8-6-19(7-9-20)14-11-15(22)21(16(14)23)13-5-3-4-12(10-13)17(24)25/h3-5,10,14H,2,6-9,11H2,1H3,(H,24,25). The molecule has 9 nitrogen and oxygen atoms in total. The molecule has 2 heterocycles. The van der Waals surface area contributed by atoms with Gasteiger partial charge in [0.25, 0.3) is 5.91 Å². The summed E-state index contributed by atoms with van der Waals surface area (Å²) in [5.41, 5.74) is 0.275. The second-order valence-corrected chi connectivity index (χ2v) is 6.36. The zero-order valence-corrected chi connectivity index (χ0v) is 15.0. The zero-order chi connectivity index (χ0) is 19.6. The number of imide groups is 1. The molecule has 2 aliphatic heterocycles. The third-order valence-corrected chi connectivity index (χ3v) is 4.76. The molecule has 0 spiro atoms. The van der Waals surface area contributed by atoms with Crippen molar-refractivity contribution in [1.29, 1.82) is 0 Å². The fourth-order valence-electron chi connectivity index (χ4n) is 3.38. The van der Waals surface area contributed by atoms with Gasteiger partial charge in [-0.1, -0.05) is 6.07 Å². The normalized spacial score (nSPS) is 20.9. The second kappa shape index (κ2) is 7.75. The SMILES string of the molecule is CCOC(=O)N1CCN(C2CC(=O)N(c3cccc(C(=O)O)c3)C2=O)CC1. The maximum Gasteiger partial charge on any atom is 0.409 e. The minimum atomic E-state index is -1.12. The monoisotopic (exact) mass is 375 g/mol. The lowest BCUT2D eigenvalue weighted by Crippen LogP contribution is -2.54. The second-order valence-electron chi connectivity index (χ2n) is 6.36. The third-order valence-electron chi connectivity index (χ3n) is 4.76. The largest absolute Gasteiger partial charge is 0.478 e. The molecule has 0 aliphatic carbocycles. The van der Waals surface area contributed by atoms with Crippen molar-refractivity contribution in [2.24, 2.45) is 0 Å². The third kappa shape index (κ3) is 3.77. The summed E-state index contributed by atoms with van der Waals surface area (Å²) >= 11 is 0. The average molecular weight is 375 g/mol. The van der Waals surface area contributed by atoms with E-state index in [4.69, 9.17) is 9.84 Å². The summed E-state index contributed by atoms with van der Waals surface area (Å²) in [5.74, 6) is -1.85. The molecule has 1 atom stereocenters. The lowest BCUT2D eigenvalue weighted by atomic mass is 10.1. The highest BCUT2D eigenvalue weighted by atomic mass is 16.6. The van der Waals surface area contributed by atoms with E-state index in [9.17, 15) is 19.2 Å². The summed E-state index contributed by atoms with van der Waals surface area (Å²) < 4.78 is 4.98. The van der Waals surface area contributed by atoms with E-state index in [0.29, 0.717) is 32.8 Å². The van der Waals surface area contributed by atoms with E-state index in [1.54, 1.807) is 17.9 Å². The van der Waals surface area contributed by atoms with E-state index in [-0.39, 0.29) is 35.6 Å². The summed E-state index contributed by atoms with van der Waals surface area (Å²) in [6, 6.07) is 5.17. The Hall–Kier alpha value is -2.94. The van der Waals surface area contributed by atoms with Gasteiger partial charge in [0.2, 0.25) is 5.91 Å². The number of piperazine rings is 1. The zero-order valence-electron chi connectivity index (χ0n) is 15.0. The number of carboxylic acids is 1.